The van der Waals surface area contributed by atoms with Crippen molar-refractivity contribution in [2.75, 3.05) is 13.7 Å². The Morgan fingerprint density at radius 2 is 1.78 bits per heavy atom. The molecule has 1 aromatic carbocycles. The molecule has 0 unspecified atom stereocenters. The van der Waals surface area contributed by atoms with Crippen LogP contribution in [0.2, 0.25) is 0 Å². The van der Waals surface area contributed by atoms with E-state index in [0.29, 0.717) is 11.1 Å². The second-order valence-corrected chi connectivity index (χ2v) is 9.00. The molecule has 0 aliphatic heterocycles. The van der Waals surface area contributed by atoms with Crippen molar-refractivity contribution in [3.05, 3.63) is 36.0 Å². The number of carbonyl (C=O) groups excluding carboxylic acids is 1. The number of hydrogen-bond acceptors (Lipinski definition) is 3. The van der Waals surface area contributed by atoms with Crippen LogP contribution >= 0.6 is 0 Å². The maximum atomic E-state index is 12.7. The van der Waals surface area contributed by atoms with Crippen molar-refractivity contribution in [3.8, 4) is 17.0 Å². The molecule has 0 saturated heterocycles. The summed E-state index contributed by atoms with van der Waals surface area (Å²) < 4.78 is 5.19. The smallest absolute Gasteiger partial charge is 0.269 e. The number of methoxy groups -OCH3 is 1. The molecule has 0 atom stereocenters. The Kier molecular flexibility index (Phi) is 3.99. The minimum absolute atomic E-state index is 0.0435. The van der Waals surface area contributed by atoms with E-state index in [1.807, 2.05) is 30.3 Å². The summed E-state index contributed by atoms with van der Waals surface area (Å²) in [6, 6.07) is 9.53. The van der Waals surface area contributed by atoms with Gasteiger partial charge in [0.05, 0.1) is 12.8 Å². The van der Waals surface area contributed by atoms with Gasteiger partial charge in [-0.3, -0.25) is 9.89 Å². The van der Waals surface area contributed by atoms with Gasteiger partial charge < -0.3 is 10.1 Å². The Balaban J connectivity index is 1.25. The lowest BCUT2D eigenvalue weighted by Crippen LogP contribution is -2.51. The zero-order valence-corrected chi connectivity index (χ0v) is 15.8. The number of nitrogens with zero attached hydrogens (tertiary/aromatic N) is 1. The summed E-state index contributed by atoms with van der Waals surface area (Å²) in [5.41, 5.74) is 2.62. The van der Waals surface area contributed by atoms with Gasteiger partial charge in [-0.05, 0) is 92.0 Å². The van der Waals surface area contributed by atoms with E-state index in [1.54, 1.807) is 7.11 Å². The van der Waals surface area contributed by atoms with Crippen LogP contribution in [-0.2, 0) is 0 Å². The Morgan fingerprint density at radius 1 is 1.15 bits per heavy atom. The minimum atomic E-state index is -0.0435. The largest absolute Gasteiger partial charge is 0.497 e. The molecule has 1 aromatic heterocycles. The van der Waals surface area contributed by atoms with Crippen LogP contribution in [0.3, 0.4) is 0 Å². The van der Waals surface area contributed by atoms with Crippen molar-refractivity contribution < 1.29 is 9.53 Å². The van der Waals surface area contributed by atoms with Crippen LogP contribution in [0.25, 0.3) is 11.3 Å². The molecule has 4 saturated carbocycles. The lowest BCUT2D eigenvalue weighted by Gasteiger charge is -2.56. The van der Waals surface area contributed by atoms with Crippen molar-refractivity contribution in [2.24, 2.45) is 23.2 Å². The van der Waals surface area contributed by atoms with Crippen LogP contribution < -0.4 is 10.1 Å². The molecule has 1 heterocycles. The maximum absolute atomic E-state index is 12.7. The molecule has 4 aliphatic carbocycles. The highest BCUT2D eigenvalue weighted by molar-refractivity contribution is 5.93. The summed E-state index contributed by atoms with van der Waals surface area (Å²) in [5, 5.41) is 10.4. The fourth-order valence-corrected chi connectivity index (χ4v) is 6.22. The number of carbonyl (C=O) groups is 1. The standard InChI is InChI=1S/C22H27N3O2/c1-27-18-4-2-17(3-5-18)19-9-20(25-24-19)21(26)23-13-22-10-14-6-15(11-22)8-16(7-14)12-22/h2-5,9,14-16H,6-8,10-13H2,1H3,(H,23,26)(H,24,25). The Hall–Kier alpha value is -2.30. The first-order valence-corrected chi connectivity index (χ1v) is 10.1. The molecule has 2 N–H and O–H groups in total. The number of rotatable bonds is 5. The fraction of sp³-hybridized carbons (Fsp3) is 0.545. The second kappa shape index (κ2) is 6.39. The van der Waals surface area contributed by atoms with Gasteiger partial charge in [-0.15, -0.1) is 0 Å². The summed E-state index contributed by atoms with van der Waals surface area (Å²) in [7, 11) is 1.65. The molecule has 5 heteroatoms. The number of hydrogen-bond donors (Lipinski definition) is 2. The van der Waals surface area contributed by atoms with E-state index in [0.717, 1.165) is 41.3 Å². The molecular weight excluding hydrogens is 338 g/mol. The minimum Gasteiger partial charge on any atom is -0.497 e. The number of aromatic nitrogens is 2. The van der Waals surface area contributed by atoms with Gasteiger partial charge in [-0.2, -0.15) is 5.10 Å². The zero-order valence-electron chi connectivity index (χ0n) is 15.8. The van der Waals surface area contributed by atoms with E-state index in [-0.39, 0.29) is 5.91 Å². The predicted molar refractivity (Wildman–Crippen MR) is 104 cm³/mol. The van der Waals surface area contributed by atoms with Crippen LogP contribution in [-0.4, -0.2) is 29.8 Å². The average molecular weight is 365 g/mol. The highest BCUT2D eigenvalue weighted by Gasteiger charge is 2.50. The van der Waals surface area contributed by atoms with Gasteiger partial charge in [0.25, 0.3) is 5.91 Å². The third-order valence-electron chi connectivity index (χ3n) is 7.00. The molecule has 0 radical (unpaired) electrons. The molecule has 27 heavy (non-hydrogen) atoms. The molecule has 4 aliphatic rings. The normalized spacial score (nSPS) is 31.1. The number of amides is 1. The second-order valence-electron chi connectivity index (χ2n) is 9.00. The number of benzene rings is 1. The van der Waals surface area contributed by atoms with Gasteiger partial charge in [0.1, 0.15) is 11.4 Å². The molecule has 2 aromatic rings. The Bertz CT molecular complexity index is 804. The SMILES string of the molecule is COc1ccc(-c2cc(C(=O)NCC34CC5CC(CC(C5)C3)C4)[nH]n2)cc1. The van der Waals surface area contributed by atoms with E-state index < -0.39 is 0 Å². The van der Waals surface area contributed by atoms with E-state index in [2.05, 4.69) is 15.5 Å². The van der Waals surface area contributed by atoms with Gasteiger partial charge in [0, 0.05) is 12.1 Å². The van der Waals surface area contributed by atoms with Crippen molar-refractivity contribution in [3.63, 3.8) is 0 Å². The number of nitrogens with one attached hydrogen (secondary N) is 2. The molecular formula is C22H27N3O2. The summed E-state index contributed by atoms with van der Waals surface area (Å²) in [6.07, 6.45) is 8.20. The maximum Gasteiger partial charge on any atom is 0.269 e. The molecule has 4 bridgehead atoms. The highest BCUT2D eigenvalue weighted by Crippen LogP contribution is 2.59. The molecule has 1 amide bonds. The monoisotopic (exact) mass is 365 g/mol. The first kappa shape index (κ1) is 16.8. The van der Waals surface area contributed by atoms with Crippen LogP contribution in [0.5, 0.6) is 5.75 Å². The fourth-order valence-electron chi connectivity index (χ4n) is 6.22. The van der Waals surface area contributed by atoms with Crippen molar-refractivity contribution in [1.29, 1.82) is 0 Å². The van der Waals surface area contributed by atoms with Gasteiger partial charge in [0.2, 0.25) is 0 Å². The molecule has 4 fully saturated rings. The predicted octanol–water partition coefficient (Wildman–Crippen LogP) is 4.03. The van der Waals surface area contributed by atoms with Gasteiger partial charge in [-0.1, -0.05) is 0 Å². The van der Waals surface area contributed by atoms with Gasteiger partial charge >= 0.3 is 0 Å². The van der Waals surface area contributed by atoms with Gasteiger partial charge in [-0.25, -0.2) is 0 Å². The summed E-state index contributed by atoms with van der Waals surface area (Å²) >= 11 is 0. The first-order chi connectivity index (χ1) is 13.1. The van der Waals surface area contributed by atoms with Crippen molar-refractivity contribution in [1.82, 2.24) is 15.5 Å². The summed E-state index contributed by atoms with van der Waals surface area (Å²) in [5.74, 6) is 3.48. The molecule has 6 rings (SSSR count). The van der Waals surface area contributed by atoms with Gasteiger partial charge in [0.15, 0.2) is 0 Å². The average Bonchev–Trinajstić information content (AvgIpc) is 3.15. The topological polar surface area (TPSA) is 67.0 Å². The van der Waals surface area contributed by atoms with Crippen molar-refractivity contribution in [2.45, 2.75) is 38.5 Å². The van der Waals surface area contributed by atoms with Crippen LogP contribution in [0, 0.1) is 23.2 Å². The van der Waals surface area contributed by atoms with Crippen molar-refractivity contribution >= 4 is 5.91 Å². The lowest BCUT2D eigenvalue weighted by molar-refractivity contribution is -0.0503. The van der Waals surface area contributed by atoms with Crippen LogP contribution in [0.1, 0.15) is 49.0 Å². The highest BCUT2D eigenvalue weighted by atomic mass is 16.5. The van der Waals surface area contributed by atoms with E-state index in [4.69, 9.17) is 4.74 Å². The number of aromatic amines is 1. The summed E-state index contributed by atoms with van der Waals surface area (Å²) in [6.45, 7) is 0.812. The molecule has 5 nitrogen and oxygen atoms in total. The number of ether oxygens (including phenoxy) is 1. The quantitative estimate of drug-likeness (QED) is 0.841. The lowest BCUT2D eigenvalue weighted by atomic mass is 9.49. The third kappa shape index (κ3) is 3.13. The van der Waals surface area contributed by atoms with E-state index in [9.17, 15) is 4.79 Å². The molecule has 0 spiro atoms. The van der Waals surface area contributed by atoms with E-state index >= 15 is 0 Å². The first-order valence-electron chi connectivity index (χ1n) is 10.1. The Labute approximate surface area is 159 Å². The van der Waals surface area contributed by atoms with Crippen LogP contribution in [0.4, 0.5) is 0 Å². The summed E-state index contributed by atoms with van der Waals surface area (Å²) in [4.78, 5) is 12.7. The Morgan fingerprint density at radius 3 is 2.37 bits per heavy atom. The molecule has 142 valence electrons. The number of H-pyrrole nitrogens is 1. The van der Waals surface area contributed by atoms with E-state index in [1.165, 1.54) is 38.5 Å². The zero-order chi connectivity index (χ0) is 18.4. The third-order valence-corrected chi connectivity index (χ3v) is 7.00. The van der Waals surface area contributed by atoms with Crippen LogP contribution in [0.15, 0.2) is 30.3 Å².